The van der Waals surface area contributed by atoms with E-state index in [-0.39, 0.29) is 11.7 Å². The van der Waals surface area contributed by atoms with Gasteiger partial charge in [0, 0.05) is 25.0 Å². The summed E-state index contributed by atoms with van der Waals surface area (Å²) in [5.74, 6) is 0.493. The molecule has 0 heterocycles. The number of carbonyl (C=O) groups excluding carboxylic acids is 1. The van der Waals surface area contributed by atoms with Gasteiger partial charge in [-0.05, 0) is 18.2 Å². The maximum atomic E-state index is 11.8. The number of nitrogens with zero attached hydrogens (tertiary/aromatic N) is 1. The fraction of sp³-hybridized carbons (Fsp3) is 0.364. The molecule has 4 nitrogen and oxygen atoms in total. The Hall–Kier alpha value is -1.42. The van der Waals surface area contributed by atoms with Crippen molar-refractivity contribution in [2.75, 3.05) is 26.6 Å². The zero-order valence-electron chi connectivity index (χ0n) is 9.24. The lowest BCUT2D eigenvalue weighted by atomic mass is 10.2. The van der Waals surface area contributed by atoms with Crippen molar-refractivity contribution in [1.29, 1.82) is 0 Å². The van der Waals surface area contributed by atoms with E-state index in [0.717, 1.165) is 0 Å². The van der Waals surface area contributed by atoms with Crippen molar-refractivity contribution >= 4 is 17.5 Å². The molecule has 1 aromatic carbocycles. The Morgan fingerprint density at radius 2 is 2.25 bits per heavy atom. The summed E-state index contributed by atoms with van der Waals surface area (Å²) < 4.78 is 4.89. The van der Waals surface area contributed by atoms with Crippen LogP contribution in [-0.4, -0.2) is 42.5 Å². The first kappa shape index (κ1) is 12.6. The van der Waals surface area contributed by atoms with Gasteiger partial charge >= 0.3 is 0 Å². The molecule has 1 rings (SSSR count). The quantitative estimate of drug-likeness (QED) is 0.819. The van der Waals surface area contributed by atoms with Crippen LogP contribution < -0.4 is 4.74 Å². The molecule has 1 aromatic rings. The minimum absolute atomic E-state index is 0.0485. The molecule has 0 saturated carbocycles. The summed E-state index contributed by atoms with van der Waals surface area (Å²) in [4.78, 5) is 13.3. The minimum atomic E-state index is -0.182. The summed E-state index contributed by atoms with van der Waals surface area (Å²) in [6, 6.07) is 4.54. The first-order valence-electron chi connectivity index (χ1n) is 4.78. The molecule has 0 bridgehead atoms. The Kier molecular flexibility index (Phi) is 4.43. The summed E-state index contributed by atoms with van der Waals surface area (Å²) in [6.45, 7) is 0.465. The van der Waals surface area contributed by atoms with Crippen molar-refractivity contribution in [1.82, 2.24) is 4.90 Å². The number of phenols is 1. The second-order valence-corrected chi connectivity index (χ2v) is 3.68. The smallest absolute Gasteiger partial charge is 0.253 e. The van der Waals surface area contributed by atoms with Crippen molar-refractivity contribution < 1.29 is 14.6 Å². The average Bonchev–Trinajstić information content (AvgIpc) is 2.28. The fourth-order valence-corrected chi connectivity index (χ4v) is 1.53. The van der Waals surface area contributed by atoms with E-state index in [4.69, 9.17) is 16.3 Å². The molecule has 1 N–H and O–H groups in total. The van der Waals surface area contributed by atoms with Crippen molar-refractivity contribution in [3.05, 3.63) is 23.8 Å². The van der Waals surface area contributed by atoms with E-state index < -0.39 is 0 Å². The number of rotatable bonds is 4. The van der Waals surface area contributed by atoms with Crippen LogP contribution in [-0.2, 0) is 0 Å². The monoisotopic (exact) mass is 243 g/mol. The number of carbonyl (C=O) groups is 1. The number of ether oxygens (including phenoxy) is 1. The summed E-state index contributed by atoms with van der Waals surface area (Å²) in [6.07, 6.45) is 0. The van der Waals surface area contributed by atoms with Crippen LogP contribution in [0.15, 0.2) is 18.2 Å². The molecule has 16 heavy (non-hydrogen) atoms. The van der Waals surface area contributed by atoms with Crippen LogP contribution in [0.2, 0.25) is 0 Å². The number of hydrogen-bond donors (Lipinski definition) is 1. The lowest BCUT2D eigenvalue weighted by Gasteiger charge is -2.15. The van der Waals surface area contributed by atoms with Crippen LogP contribution in [0.1, 0.15) is 10.4 Å². The Balaban J connectivity index is 2.88. The lowest BCUT2D eigenvalue weighted by Crippen LogP contribution is -2.28. The second kappa shape index (κ2) is 5.61. The van der Waals surface area contributed by atoms with Crippen molar-refractivity contribution in [2.45, 2.75) is 0 Å². The highest BCUT2D eigenvalue weighted by molar-refractivity contribution is 6.18. The van der Waals surface area contributed by atoms with E-state index in [1.807, 2.05) is 0 Å². The van der Waals surface area contributed by atoms with Crippen LogP contribution in [0, 0.1) is 0 Å². The van der Waals surface area contributed by atoms with Gasteiger partial charge in [0.2, 0.25) is 0 Å². The van der Waals surface area contributed by atoms with Crippen LogP contribution in [0.25, 0.3) is 0 Å². The van der Waals surface area contributed by atoms with Gasteiger partial charge in [-0.3, -0.25) is 4.79 Å². The third kappa shape index (κ3) is 2.79. The largest absolute Gasteiger partial charge is 0.504 e. The molecule has 0 aliphatic rings. The van der Waals surface area contributed by atoms with Gasteiger partial charge in [-0.2, -0.15) is 0 Å². The third-order valence-corrected chi connectivity index (χ3v) is 2.36. The number of alkyl halides is 1. The van der Waals surface area contributed by atoms with Crippen molar-refractivity contribution in [3.63, 3.8) is 0 Å². The summed E-state index contributed by atoms with van der Waals surface area (Å²) >= 11 is 5.54. The Morgan fingerprint density at radius 3 is 2.75 bits per heavy atom. The highest BCUT2D eigenvalue weighted by Crippen LogP contribution is 2.26. The molecule has 0 radical (unpaired) electrons. The molecule has 0 spiro atoms. The first-order chi connectivity index (χ1) is 7.60. The molecule has 5 heteroatoms. The standard InChI is InChI=1S/C11H14ClNO3/c1-13(6-5-12)11(15)8-3-4-10(16-2)9(14)7-8/h3-4,7,14H,5-6H2,1-2H3. The van der Waals surface area contributed by atoms with Gasteiger partial charge in [-0.15, -0.1) is 11.6 Å². The van der Waals surface area contributed by atoms with Crippen LogP contribution >= 0.6 is 11.6 Å². The van der Waals surface area contributed by atoms with Crippen molar-refractivity contribution in [2.24, 2.45) is 0 Å². The van der Waals surface area contributed by atoms with E-state index >= 15 is 0 Å². The molecule has 0 unspecified atom stereocenters. The highest BCUT2D eigenvalue weighted by Gasteiger charge is 2.13. The van der Waals surface area contributed by atoms with Crippen LogP contribution in [0.3, 0.4) is 0 Å². The van der Waals surface area contributed by atoms with Gasteiger partial charge in [-0.1, -0.05) is 0 Å². The maximum Gasteiger partial charge on any atom is 0.253 e. The highest BCUT2D eigenvalue weighted by atomic mass is 35.5. The van der Waals surface area contributed by atoms with E-state index in [1.165, 1.54) is 18.1 Å². The number of amides is 1. The molecular weight excluding hydrogens is 230 g/mol. The molecule has 0 aliphatic carbocycles. The van der Waals surface area contributed by atoms with Crippen LogP contribution in [0.4, 0.5) is 0 Å². The fourth-order valence-electron chi connectivity index (χ4n) is 1.27. The number of aromatic hydroxyl groups is 1. The summed E-state index contributed by atoms with van der Waals surface area (Å²) in [5.41, 5.74) is 0.408. The van der Waals surface area contributed by atoms with E-state index in [9.17, 15) is 9.90 Å². The Morgan fingerprint density at radius 1 is 1.56 bits per heavy atom. The Bertz CT molecular complexity index is 381. The van der Waals surface area contributed by atoms with E-state index in [1.54, 1.807) is 19.2 Å². The molecule has 1 amide bonds. The molecular formula is C11H14ClNO3. The predicted octanol–water partition coefficient (Wildman–Crippen LogP) is 1.71. The molecule has 0 fully saturated rings. The summed E-state index contributed by atoms with van der Waals surface area (Å²) in [5, 5.41) is 9.53. The van der Waals surface area contributed by atoms with E-state index in [2.05, 4.69) is 0 Å². The van der Waals surface area contributed by atoms with Gasteiger partial charge in [0.1, 0.15) is 0 Å². The second-order valence-electron chi connectivity index (χ2n) is 3.30. The zero-order chi connectivity index (χ0) is 12.1. The number of methoxy groups -OCH3 is 1. The maximum absolute atomic E-state index is 11.8. The summed E-state index contributed by atoms with van der Waals surface area (Å²) in [7, 11) is 3.11. The van der Waals surface area contributed by atoms with Gasteiger partial charge < -0.3 is 14.7 Å². The zero-order valence-corrected chi connectivity index (χ0v) is 9.99. The molecule has 0 aliphatic heterocycles. The normalized spacial score (nSPS) is 9.94. The number of benzene rings is 1. The SMILES string of the molecule is COc1ccc(C(=O)N(C)CCCl)cc1O. The number of halogens is 1. The van der Waals surface area contributed by atoms with Gasteiger partial charge in [0.05, 0.1) is 7.11 Å². The molecule has 88 valence electrons. The average molecular weight is 244 g/mol. The van der Waals surface area contributed by atoms with Crippen molar-refractivity contribution in [3.8, 4) is 11.5 Å². The Labute approximate surface area is 99.4 Å². The van der Waals surface area contributed by atoms with Gasteiger partial charge in [-0.25, -0.2) is 0 Å². The number of phenolic OH excluding ortho intramolecular Hbond substituents is 1. The van der Waals surface area contributed by atoms with Gasteiger partial charge in [0.25, 0.3) is 5.91 Å². The molecule has 0 saturated heterocycles. The minimum Gasteiger partial charge on any atom is -0.504 e. The number of hydrogen-bond acceptors (Lipinski definition) is 3. The van der Waals surface area contributed by atoms with Gasteiger partial charge in [0.15, 0.2) is 11.5 Å². The van der Waals surface area contributed by atoms with Crippen LogP contribution in [0.5, 0.6) is 11.5 Å². The topological polar surface area (TPSA) is 49.8 Å². The third-order valence-electron chi connectivity index (χ3n) is 2.19. The first-order valence-corrected chi connectivity index (χ1v) is 5.32. The van der Waals surface area contributed by atoms with E-state index in [0.29, 0.717) is 23.7 Å². The molecule has 0 aromatic heterocycles. The lowest BCUT2D eigenvalue weighted by molar-refractivity contribution is 0.0803. The molecule has 0 atom stereocenters. The predicted molar refractivity (Wildman–Crippen MR) is 62.3 cm³/mol.